The molecule has 0 spiro atoms. The minimum atomic E-state index is 0.476. The van der Waals surface area contributed by atoms with Crippen molar-refractivity contribution in [3.05, 3.63) is 0 Å². The van der Waals surface area contributed by atoms with Crippen molar-refractivity contribution < 1.29 is 4.74 Å². The Morgan fingerprint density at radius 2 is 2.56 bits per heavy atom. The molecule has 1 fully saturated rings. The van der Waals surface area contributed by atoms with Gasteiger partial charge in [-0.3, -0.25) is 0 Å². The van der Waals surface area contributed by atoms with Crippen LogP contribution in [0.2, 0.25) is 0 Å². The van der Waals surface area contributed by atoms with Crippen molar-refractivity contribution in [3.63, 3.8) is 0 Å². The quantitative estimate of drug-likeness (QED) is 0.496. The lowest BCUT2D eigenvalue weighted by Gasteiger charge is -2.28. The Morgan fingerprint density at radius 1 is 1.78 bits per heavy atom. The molecular weight excluding hydrogens is 229 g/mol. The van der Waals surface area contributed by atoms with Crippen molar-refractivity contribution in [1.82, 2.24) is 4.90 Å². The summed E-state index contributed by atoms with van der Waals surface area (Å²) < 4.78 is 6.56. The molecule has 1 saturated heterocycles. The van der Waals surface area contributed by atoms with Gasteiger partial charge >= 0.3 is 0 Å². The summed E-state index contributed by atoms with van der Waals surface area (Å²) in [5, 5.41) is 0. The van der Waals surface area contributed by atoms with Crippen LogP contribution in [-0.4, -0.2) is 42.2 Å². The number of nitrogens with zero attached hydrogens (tertiary/aromatic N) is 1. The molecule has 0 bridgehead atoms. The molecule has 1 aliphatic heterocycles. The molecule has 0 aliphatic carbocycles. The van der Waals surface area contributed by atoms with Gasteiger partial charge in [0.2, 0.25) is 0 Å². The molecule has 0 aromatic rings. The van der Waals surface area contributed by atoms with Crippen LogP contribution in [0.4, 0.5) is 0 Å². The Balaban J connectivity index is 2.23. The number of likely N-dealkylation sites (N-methyl/N-ethyl adjacent to an activating group) is 1. The average Bonchev–Trinajstić information content (AvgIpc) is 1.88. The molecule has 1 heterocycles. The second kappa shape index (κ2) is 3.73. The first-order valence-corrected chi connectivity index (χ1v) is 4.71. The van der Waals surface area contributed by atoms with Crippen LogP contribution in [0.25, 0.3) is 0 Å². The third kappa shape index (κ3) is 2.39. The van der Waals surface area contributed by atoms with E-state index < -0.39 is 0 Å². The van der Waals surface area contributed by atoms with Crippen LogP contribution in [-0.2, 0) is 4.74 Å². The molecule has 1 atom stereocenters. The summed E-state index contributed by atoms with van der Waals surface area (Å²) in [6.45, 7) is 3.10. The fourth-order valence-electron chi connectivity index (χ4n) is 0.960. The molecule has 54 valence electrons. The zero-order valence-corrected chi connectivity index (χ0v) is 7.80. The Hall–Kier alpha value is 0.650. The Morgan fingerprint density at radius 3 is 3.00 bits per heavy atom. The summed E-state index contributed by atoms with van der Waals surface area (Å²) in [6, 6.07) is 0. The molecule has 0 saturated carbocycles. The standard InChI is InChI=1S/C6H12INO/c1-8-2-3-9-6(4-7)5-8/h6H,2-5H2,1H3/t6-/m1/s1. The van der Waals surface area contributed by atoms with Gasteiger partial charge in [-0.05, 0) is 7.05 Å². The van der Waals surface area contributed by atoms with E-state index in [2.05, 4.69) is 34.5 Å². The number of morpholine rings is 1. The second-order valence-electron chi connectivity index (χ2n) is 2.41. The van der Waals surface area contributed by atoms with E-state index in [4.69, 9.17) is 4.74 Å². The molecule has 2 nitrogen and oxygen atoms in total. The highest BCUT2D eigenvalue weighted by Crippen LogP contribution is 2.04. The van der Waals surface area contributed by atoms with Gasteiger partial charge in [0.05, 0.1) is 12.7 Å². The lowest BCUT2D eigenvalue weighted by Crippen LogP contribution is -2.40. The summed E-state index contributed by atoms with van der Waals surface area (Å²) in [5.74, 6) is 0. The molecule has 3 heteroatoms. The van der Waals surface area contributed by atoms with Crippen molar-refractivity contribution in [1.29, 1.82) is 0 Å². The van der Waals surface area contributed by atoms with Crippen LogP contribution >= 0.6 is 22.6 Å². The van der Waals surface area contributed by atoms with Gasteiger partial charge in [-0.15, -0.1) is 0 Å². The van der Waals surface area contributed by atoms with Gasteiger partial charge in [-0.2, -0.15) is 0 Å². The fraction of sp³-hybridized carbons (Fsp3) is 1.00. The van der Waals surface area contributed by atoms with E-state index >= 15 is 0 Å². The molecule has 1 rings (SSSR count). The zero-order valence-electron chi connectivity index (χ0n) is 5.64. The van der Waals surface area contributed by atoms with Gasteiger partial charge in [-0.25, -0.2) is 0 Å². The van der Waals surface area contributed by atoms with Crippen LogP contribution in [0.3, 0.4) is 0 Å². The monoisotopic (exact) mass is 241 g/mol. The van der Waals surface area contributed by atoms with Gasteiger partial charge < -0.3 is 9.64 Å². The van der Waals surface area contributed by atoms with Gasteiger partial charge in [-0.1, -0.05) is 22.6 Å². The maximum Gasteiger partial charge on any atom is 0.0791 e. The van der Waals surface area contributed by atoms with Crippen LogP contribution in [0.15, 0.2) is 0 Å². The minimum Gasteiger partial charge on any atom is -0.375 e. The maximum atomic E-state index is 5.45. The summed E-state index contributed by atoms with van der Waals surface area (Å²) in [7, 11) is 2.14. The first-order valence-electron chi connectivity index (χ1n) is 3.19. The second-order valence-corrected chi connectivity index (χ2v) is 3.29. The molecule has 0 radical (unpaired) electrons. The smallest absolute Gasteiger partial charge is 0.0791 e. The normalized spacial score (nSPS) is 30.7. The van der Waals surface area contributed by atoms with E-state index in [1.54, 1.807) is 0 Å². The first-order chi connectivity index (χ1) is 4.33. The molecule has 0 unspecified atom stereocenters. The van der Waals surface area contributed by atoms with Gasteiger partial charge in [0.25, 0.3) is 0 Å². The van der Waals surface area contributed by atoms with Crippen LogP contribution in [0.5, 0.6) is 0 Å². The summed E-state index contributed by atoms with van der Waals surface area (Å²) in [6.07, 6.45) is 0.476. The van der Waals surface area contributed by atoms with E-state index in [-0.39, 0.29) is 0 Å². The first kappa shape index (κ1) is 7.75. The van der Waals surface area contributed by atoms with Crippen LogP contribution in [0.1, 0.15) is 0 Å². The Bertz CT molecular complexity index is 89.1. The minimum absolute atomic E-state index is 0.476. The molecule has 0 aromatic heterocycles. The largest absolute Gasteiger partial charge is 0.375 e. The summed E-state index contributed by atoms with van der Waals surface area (Å²) in [4.78, 5) is 2.31. The van der Waals surface area contributed by atoms with Crippen LogP contribution in [0, 0.1) is 0 Å². The number of halogens is 1. The van der Waals surface area contributed by atoms with Crippen molar-refractivity contribution >= 4 is 22.6 Å². The highest BCUT2D eigenvalue weighted by Gasteiger charge is 2.15. The van der Waals surface area contributed by atoms with E-state index in [9.17, 15) is 0 Å². The molecule has 0 aromatic carbocycles. The number of alkyl halides is 1. The summed E-state index contributed by atoms with van der Waals surface area (Å²) in [5.41, 5.74) is 0. The van der Waals surface area contributed by atoms with Gasteiger partial charge in [0, 0.05) is 17.5 Å². The molecule has 9 heavy (non-hydrogen) atoms. The fourth-order valence-corrected chi connectivity index (χ4v) is 1.49. The van der Waals surface area contributed by atoms with Crippen molar-refractivity contribution in [2.45, 2.75) is 6.10 Å². The average molecular weight is 241 g/mol. The molecular formula is C6H12INO. The van der Waals surface area contributed by atoms with Crippen molar-refractivity contribution in [2.75, 3.05) is 31.2 Å². The predicted octanol–water partition coefficient (Wildman–Crippen LogP) is 0.752. The number of hydrogen-bond acceptors (Lipinski definition) is 2. The van der Waals surface area contributed by atoms with Gasteiger partial charge in [0.15, 0.2) is 0 Å². The third-order valence-corrected chi connectivity index (χ3v) is 2.50. The lowest BCUT2D eigenvalue weighted by molar-refractivity contribution is -0.00446. The van der Waals surface area contributed by atoms with Crippen molar-refractivity contribution in [3.8, 4) is 0 Å². The molecule has 0 N–H and O–H groups in total. The highest BCUT2D eigenvalue weighted by atomic mass is 127. The van der Waals surface area contributed by atoms with E-state index in [0.717, 1.165) is 24.1 Å². The van der Waals surface area contributed by atoms with E-state index in [0.29, 0.717) is 6.10 Å². The van der Waals surface area contributed by atoms with Gasteiger partial charge in [0.1, 0.15) is 0 Å². The zero-order chi connectivity index (χ0) is 6.69. The predicted molar refractivity (Wildman–Crippen MR) is 46.1 cm³/mol. The summed E-state index contributed by atoms with van der Waals surface area (Å²) >= 11 is 2.37. The Labute approximate surface area is 69.7 Å². The Kier molecular flexibility index (Phi) is 3.21. The highest BCUT2D eigenvalue weighted by molar-refractivity contribution is 14.1. The molecule has 1 aliphatic rings. The molecule has 0 amide bonds. The lowest BCUT2D eigenvalue weighted by atomic mass is 10.3. The SMILES string of the molecule is CN1CCO[C@H](CI)C1. The third-order valence-electron chi connectivity index (χ3n) is 1.51. The van der Waals surface area contributed by atoms with E-state index in [1.165, 1.54) is 0 Å². The number of hydrogen-bond donors (Lipinski definition) is 0. The number of rotatable bonds is 1. The van der Waals surface area contributed by atoms with Crippen LogP contribution < -0.4 is 0 Å². The van der Waals surface area contributed by atoms with Crippen molar-refractivity contribution in [2.24, 2.45) is 0 Å². The number of ether oxygens (including phenoxy) is 1. The maximum absolute atomic E-state index is 5.45. The van der Waals surface area contributed by atoms with E-state index in [1.807, 2.05) is 0 Å². The topological polar surface area (TPSA) is 12.5 Å².